The molecule has 5 heteroatoms. The van der Waals surface area contributed by atoms with E-state index in [1.165, 1.54) is 0 Å². The summed E-state index contributed by atoms with van der Waals surface area (Å²) in [5.74, 6) is 0.848. The molecule has 0 bridgehead atoms. The van der Waals surface area contributed by atoms with Crippen LogP contribution in [0.25, 0.3) is 11.4 Å². The van der Waals surface area contributed by atoms with Crippen molar-refractivity contribution < 1.29 is 0 Å². The number of nitrogen functional groups attached to an aromatic ring is 1. The van der Waals surface area contributed by atoms with Crippen LogP contribution in [0.1, 0.15) is 25.5 Å². The van der Waals surface area contributed by atoms with E-state index in [0.717, 1.165) is 11.3 Å². The van der Waals surface area contributed by atoms with Gasteiger partial charge in [0.05, 0.1) is 27.6 Å². The molecular formula is C13H13Cl2N3. The predicted octanol–water partition coefficient (Wildman–Crippen LogP) is 4.16. The SMILES string of the molecule is CC(C)c1nc(-c2ccc(Cl)c(Cl)c2)ncc1N. The second kappa shape index (κ2) is 5.12. The first-order chi connectivity index (χ1) is 8.49. The summed E-state index contributed by atoms with van der Waals surface area (Å²) in [5, 5.41) is 1.00. The minimum Gasteiger partial charge on any atom is -0.396 e. The van der Waals surface area contributed by atoms with Gasteiger partial charge in [0.2, 0.25) is 0 Å². The maximum atomic E-state index is 5.99. The van der Waals surface area contributed by atoms with E-state index < -0.39 is 0 Å². The van der Waals surface area contributed by atoms with Crippen molar-refractivity contribution in [2.75, 3.05) is 5.73 Å². The van der Waals surface area contributed by atoms with Crippen LogP contribution in [0.15, 0.2) is 24.4 Å². The van der Waals surface area contributed by atoms with Gasteiger partial charge in [-0.05, 0) is 24.1 Å². The Labute approximate surface area is 116 Å². The number of nitrogens with two attached hydrogens (primary N) is 1. The lowest BCUT2D eigenvalue weighted by molar-refractivity contribution is 0.821. The minimum atomic E-state index is 0.245. The number of nitrogens with zero attached hydrogens (tertiary/aromatic N) is 2. The summed E-state index contributed by atoms with van der Waals surface area (Å²) in [5.41, 5.74) is 8.12. The molecule has 3 nitrogen and oxygen atoms in total. The average Bonchev–Trinajstić information content (AvgIpc) is 2.33. The third-order valence-electron chi connectivity index (χ3n) is 2.57. The van der Waals surface area contributed by atoms with Crippen LogP contribution in [0, 0.1) is 0 Å². The zero-order valence-corrected chi connectivity index (χ0v) is 11.6. The topological polar surface area (TPSA) is 51.8 Å². The van der Waals surface area contributed by atoms with Gasteiger partial charge >= 0.3 is 0 Å². The van der Waals surface area contributed by atoms with Crippen LogP contribution < -0.4 is 5.73 Å². The summed E-state index contributed by atoms with van der Waals surface area (Å²) >= 11 is 11.9. The zero-order valence-electron chi connectivity index (χ0n) is 10.1. The maximum Gasteiger partial charge on any atom is 0.159 e. The van der Waals surface area contributed by atoms with Crippen LogP contribution in [-0.4, -0.2) is 9.97 Å². The number of rotatable bonds is 2. The van der Waals surface area contributed by atoms with Crippen molar-refractivity contribution in [2.24, 2.45) is 0 Å². The normalized spacial score (nSPS) is 10.9. The van der Waals surface area contributed by atoms with Gasteiger partial charge in [-0.2, -0.15) is 0 Å². The largest absolute Gasteiger partial charge is 0.396 e. The second-order valence-electron chi connectivity index (χ2n) is 4.32. The molecule has 0 radical (unpaired) electrons. The van der Waals surface area contributed by atoms with Crippen LogP contribution in [0.4, 0.5) is 5.69 Å². The number of anilines is 1. The van der Waals surface area contributed by atoms with E-state index in [0.29, 0.717) is 21.6 Å². The molecule has 0 aliphatic carbocycles. The molecule has 0 fully saturated rings. The molecule has 1 aromatic heterocycles. The minimum absolute atomic E-state index is 0.245. The first kappa shape index (κ1) is 13.1. The Bertz CT molecular complexity index is 582. The van der Waals surface area contributed by atoms with E-state index in [-0.39, 0.29) is 5.92 Å². The molecule has 94 valence electrons. The number of hydrogen-bond donors (Lipinski definition) is 1. The Hall–Kier alpha value is -1.32. The molecule has 2 N–H and O–H groups in total. The van der Waals surface area contributed by atoms with Gasteiger partial charge in [0.1, 0.15) is 0 Å². The standard InChI is InChI=1S/C13H13Cl2N3/c1-7(2)12-11(16)6-17-13(18-12)8-3-4-9(14)10(15)5-8/h3-7H,16H2,1-2H3. The molecule has 0 saturated carbocycles. The highest BCUT2D eigenvalue weighted by molar-refractivity contribution is 6.42. The Morgan fingerprint density at radius 2 is 1.89 bits per heavy atom. The Morgan fingerprint density at radius 3 is 2.50 bits per heavy atom. The molecule has 18 heavy (non-hydrogen) atoms. The molecule has 2 rings (SSSR count). The summed E-state index contributed by atoms with van der Waals surface area (Å²) in [4.78, 5) is 8.70. The smallest absolute Gasteiger partial charge is 0.159 e. The number of benzene rings is 1. The van der Waals surface area contributed by atoms with Gasteiger partial charge in [0.25, 0.3) is 0 Å². The van der Waals surface area contributed by atoms with Crippen molar-refractivity contribution in [3.63, 3.8) is 0 Å². The van der Waals surface area contributed by atoms with Crippen molar-refractivity contribution in [1.29, 1.82) is 0 Å². The first-order valence-corrected chi connectivity index (χ1v) is 6.32. The van der Waals surface area contributed by atoms with Crippen molar-refractivity contribution in [3.8, 4) is 11.4 Å². The van der Waals surface area contributed by atoms with E-state index >= 15 is 0 Å². The summed E-state index contributed by atoms with van der Waals surface area (Å²) in [6, 6.07) is 5.32. The molecule has 2 aromatic rings. The van der Waals surface area contributed by atoms with E-state index in [1.54, 1.807) is 18.3 Å². The summed E-state index contributed by atoms with van der Waals surface area (Å²) in [6.07, 6.45) is 1.63. The lowest BCUT2D eigenvalue weighted by Gasteiger charge is -2.10. The molecule has 0 unspecified atom stereocenters. The Morgan fingerprint density at radius 1 is 1.17 bits per heavy atom. The number of hydrogen-bond acceptors (Lipinski definition) is 3. The summed E-state index contributed by atoms with van der Waals surface area (Å²) in [7, 11) is 0. The van der Waals surface area contributed by atoms with Crippen molar-refractivity contribution >= 4 is 28.9 Å². The van der Waals surface area contributed by atoms with Gasteiger partial charge in [0.15, 0.2) is 5.82 Å². The Kier molecular flexibility index (Phi) is 3.73. The van der Waals surface area contributed by atoms with Gasteiger partial charge < -0.3 is 5.73 Å². The number of aromatic nitrogens is 2. The van der Waals surface area contributed by atoms with Crippen LogP contribution >= 0.6 is 23.2 Å². The average molecular weight is 282 g/mol. The molecule has 1 aromatic carbocycles. The summed E-state index contributed by atoms with van der Waals surface area (Å²) in [6.45, 7) is 4.08. The fourth-order valence-electron chi connectivity index (χ4n) is 1.64. The summed E-state index contributed by atoms with van der Waals surface area (Å²) < 4.78 is 0. The van der Waals surface area contributed by atoms with E-state index in [4.69, 9.17) is 28.9 Å². The molecule has 0 spiro atoms. The molecule has 0 aliphatic rings. The predicted molar refractivity (Wildman–Crippen MR) is 76.0 cm³/mol. The molecule has 0 amide bonds. The van der Waals surface area contributed by atoms with Crippen LogP contribution in [0.2, 0.25) is 10.0 Å². The van der Waals surface area contributed by atoms with E-state index in [1.807, 2.05) is 19.9 Å². The third kappa shape index (κ3) is 2.57. The second-order valence-corrected chi connectivity index (χ2v) is 5.13. The van der Waals surface area contributed by atoms with Gasteiger partial charge in [-0.1, -0.05) is 37.0 Å². The molecule has 1 heterocycles. The van der Waals surface area contributed by atoms with Crippen LogP contribution in [-0.2, 0) is 0 Å². The van der Waals surface area contributed by atoms with Crippen LogP contribution in [0.3, 0.4) is 0 Å². The maximum absolute atomic E-state index is 5.99. The van der Waals surface area contributed by atoms with Gasteiger partial charge in [-0.3, -0.25) is 0 Å². The van der Waals surface area contributed by atoms with Crippen molar-refractivity contribution in [3.05, 3.63) is 40.1 Å². The van der Waals surface area contributed by atoms with Crippen LogP contribution in [0.5, 0.6) is 0 Å². The highest BCUT2D eigenvalue weighted by atomic mass is 35.5. The van der Waals surface area contributed by atoms with Crippen molar-refractivity contribution in [1.82, 2.24) is 9.97 Å². The highest BCUT2D eigenvalue weighted by Gasteiger charge is 2.10. The van der Waals surface area contributed by atoms with Gasteiger partial charge in [-0.25, -0.2) is 9.97 Å². The van der Waals surface area contributed by atoms with Crippen molar-refractivity contribution in [2.45, 2.75) is 19.8 Å². The zero-order chi connectivity index (χ0) is 13.3. The molecule has 0 aliphatic heterocycles. The lowest BCUT2D eigenvalue weighted by Crippen LogP contribution is -2.03. The Balaban J connectivity index is 2.50. The van der Waals surface area contributed by atoms with E-state index in [9.17, 15) is 0 Å². The fraction of sp³-hybridized carbons (Fsp3) is 0.231. The number of halogens is 2. The molecule has 0 atom stereocenters. The van der Waals surface area contributed by atoms with Gasteiger partial charge in [-0.15, -0.1) is 0 Å². The highest BCUT2D eigenvalue weighted by Crippen LogP contribution is 2.28. The fourth-order valence-corrected chi connectivity index (χ4v) is 1.94. The monoisotopic (exact) mass is 281 g/mol. The molecular weight excluding hydrogens is 269 g/mol. The van der Waals surface area contributed by atoms with E-state index in [2.05, 4.69) is 9.97 Å². The molecule has 0 saturated heterocycles. The quantitative estimate of drug-likeness (QED) is 0.899. The van der Waals surface area contributed by atoms with Gasteiger partial charge in [0, 0.05) is 5.56 Å². The first-order valence-electron chi connectivity index (χ1n) is 5.57. The lowest BCUT2D eigenvalue weighted by atomic mass is 10.1. The third-order valence-corrected chi connectivity index (χ3v) is 3.31.